The number of carbonyl (C=O) groups excluding carboxylic acids is 2. The molecule has 0 spiro atoms. The summed E-state index contributed by atoms with van der Waals surface area (Å²) in [6, 6.07) is 15.8. The fraction of sp³-hybridized carbons (Fsp3) is 0.548. The molecule has 0 aliphatic carbocycles. The summed E-state index contributed by atoms with van der Waals surface area (Å²) in [5.41, 5.74) is 2.71. The van der Waals surface area contributed by atoms with E-state index in [1.807, 2.05) is 103 Å². The van der Waals surface area contributed by atoms with Crippen molar-refractivity contribution in [3.63, 3.8) is 0 Å². The van der Waals surface area contributed by atoms with Crippen molar-refractivity contribution in [1.82, 2.24) is 14.7 Å². The molecule has 6 nitrogen and oxygen atoms in total. The van der Waals surface area contributed by atoms with Crippen molar-refractivity contribution >= 4 is 11.8 Å². The zero-order chi connectivity index (χ0) is 27.6. The van der Waals surface area contributed by atoms with Crippen LogP contribution < -0.4 is 0 Å². The fourth-order valence-corrected chi connectivity index (χ4v) is 5.66. The minimum atomic E-state index is -0.459. The van der Waals surface area contributed by atoms with Crippen LogP contribution in [0.15, 0.2) is 48.5 Å². The molecule has 3 rings (SSSR count). The maximum atomic E-state index is 14.3. The largest absolute Gasteiger partial charge is 0.349 e. The molecule has 1 fully saturated rings. The maximum absolute atomic E-state index is 14.3. The molecule has 202 valence electrons. The van der Waals surface area contributed by atoms with Gasteiger partial charge in [-0.15, -0.1) is 0 Å². The molecule has 1 saturated heterocycles. The Morgan fingerprint density at radius 1 is 0.757 bits per heavy atom. The van der Waals surface area contributed by atoms with Gasteiger partial charge in [-0.25, -0.2) is 0 Å². The highest BCUT2D eigenvalue weighted by Gasteiger charge is 2.42. The molecule has 0 saturated carbocycles. The summed E-state index contributed by atoms with van der Waals surface area (Å²) in [5.74, 6) is -0.264. The third-order valence-electron chi connectivity index (χ3n) is 7.36. The lowest BCUT2D eigenvalue weighted by atomic mass is 9.95. The Bertz CT molecular complexity index is 1060. The van der Waals surface area contributed by atoms with Crippen LogP contribution in [-0.2, 0) is 4.74 Å². The van der Waals surface area contributed by atoms with Gasteiger partial charge in [-0.05, 0) is 81.0 Å². The lowest BCUT2D eigenvalue weighted by Crippen LogP contribution is -2.46. The molecular formula is C31H45N3O3. The van der Waals surface area contributed by atoms with Crippen molar-refractivity contribution in [1.29, 1.82) is 0 Å². The first kappa shape index (κ1) is 28.9. The van der Waals surface area contributed by atoms with Crippen molar-refractivity contribution in [2.45, 2.75) is 105 Å². The number of ether oxygens (including phenoxy) is 1. The van der Waals surface area contributed by atoms with Crippen molar-refractivity contribution in [2.24, 2.45) is 0 Å². The Morgan fingerprint density at radius 2 is 1.27 bits per heavy atom. The van der Waals surface area contributed by atoms with Crippen LogP contribution in [0.2, 0.25) is 0 Å². The number of rotatable bonds is 8. The van der Waals surface area contributed by atoms with E-state index < -0.39 is 6.23 Å². The van der Waals surface area contributed by atoms with E-state index in [4.69, 9.17) is 4.74 Å². The van der Waals surface area contributed by atoms with Crippen molar-refractivity contribution in [2.75, 3.05) is 7.05 Å². The molecule has 1 aliphatic heterocycles. The number of amides is 2. The summed E-state index contributed by atoms with van der Waals surface area (Å²) in [6.45, 7) is 18.3. The molecular weight excluding hydrogens is 462 g/mol. The van der Waals surface area contributed by atoms with Crippen molar-refractivity contribution in [3.05, 3.63) is 70.8 Å². The SMILES string of the molecule is CC(C)N(C(=O)c1cccc([C@H]2O[C@H](c3ccccc3)[C@H](C)N2C)c1C(=O)N(C(C)C)C(C)C)C(C)C. The number of benzene rings is 2. The molecule has 0 bridgehead atoms. The van der Waals surface area contributed by atoms with Crippen LogP contribution in [-0.4, -0.2) is 63.8 Å². The molecule has 37 heavy (non-hydrogen) atoms. The zero-order valence-corrected chi connectivity index (χ0v) is 24.2. The average molecular weight is 508 g/mol. The van der Waals surface area contributed by atoms with E-state index in [2.05, 4.69) is 24.0 Å². The monoisotopic (exact) mass is 507 g/mol. The zero-order valence-electron chi connectivity index (χ0n) is 24.2. The fourth-order valence-electron chi connectivity index (χ4n) is 5.66. The Kier molecular flexibility index (Phi) is 9.19. The molecule has 0 radical (unpaired) electrons. The second kappa shape index (κ2) is 11.8. The van der Waals surface area contributed by atoms with Gasteiger partial charge < -0.3 is 14.5 Å². The average Bonchev–Trinajstić information content (AvgIpc) is 3.12. The number of carbonyl (C=O) groups is 2. The molecule has 0 unspecified atom stereocenters. The molecule has 1 heterocycles. The minimum absolute atomic E-state index is 0.00158. The number of nitrogens with zero attached hydrogens (tertiary/aromatic N) is 3. The lowest BCUT2D eigenvalue weighted by molar-refractivity contribution is 0.00445. The molecule has 3 atom stereocenters. The first-order chi connectivity index (χ1) is 17.4. The predicted molar refractivity (Wildman–Crippen MR) is 150 cm³/mol. The van der Waals surface area contributed by atoms with E-state index in [1.165, 1.54) is 0 Å². The van der Waals surface area contributed by atoms with Gasteiger partial charge in [0.15, 0.2) is 0 Å². The molecule has 1 aliphatic rings. The summed E-state index contributed by atoms with van der Waals surface area (Å²) in [4.78, 5) is 34.2. The van der Waals surface area contributed by atoms with Gasteiger partial charge >= 0.3 is 0 Å². The highest BCUT2D eigenvalue weighted by Crippen LogP contribution is 2.43. The van der Waals surface area contributed by atoms with E-state index in [0.29, 0.717) is 11.1 Å². The molecule has 0 aromatic heterocycles. The van der Waals surface area contributed by atoms with E-state index in [1.54, 1.807) is 6.07 Å². The van der Waals surface area contributed by atoms with Crippen LogP contribution in [0, 0.1) is 0 Å². The van der Waals surface area contributed by atoms with Gasteiger partial charge in [0.05, 0.1) is 11.1 Å². The van der Waals surface area contributed by atoms with Gasteiger partial charge in [0.2, 0.25) is 0 Å². The van der Waals surface area contributed by atoms with Gasteiger partial charge in [0.1, 0.15) is 12.3 Å². The Labute approximate surface area is 223 Å². The Hall–Kier alpha value is -2.70. The van der Waals surface area contributed by atoms with Gasteiger partial charge in [-0.1, -0.05) is 42.5 Å². The minimum Gasteiger partial charge on any atom is -0.349 e. The molecule has 0 N–H and O–H groups in total. The third-order valence-corrected chi connectivity index (χ3v) is 7.36. The smallest absolute Gasteiger partial charge is 0.255 e. The van der Waals surface area contributed by atoms with Crippen LogP contribution >= 0.6 is 0 Å². The molecule has 2 aromatic rings. The molecule has 6 heteroatoms. The Balaban J connectivity index is 2.20. The van der Waals surface area contributed by atoms with E-state index in [9.17, 15) is 9.59 Å². The van der Waals surface area contributed by atoms with E-state index in [-0.39, 0.29) is 48.1 Å². The highest BCUT2D eigenvalue weighted by atomic mass is 16.5. The highest BCUT2D eigenvalue weighted by molar-refractivity contribution is 6.08. The summed E-state index contributed by atoms with van der Waals surface area (Å²) < 4.78 is 6.67. The van der Waals surface area contributed by atoms with Gasteiger partial charge in [0.25, 0.3) is 11.8 Å². The van der Waals surface area contributed by atoms with Gasteiger partial charge in [-0.3, -0.25) is 14.5 Å². The van der Waals surface area contributed by atoms with Crippen LogP contribution in [0.3, 0.4) is 0 Å². The second-order valence-corrected chi connectivity index (χ2v) is 11.3. The Morgan fingerprint density at radius 3 is 1.78 bits per heavy atom. The topological polar surface area (TPSA) is 53.1 Å². The first-order valence-corrected chi connectivity index (χ1v) is 13.6. The van der Waals surface area contributed by atoms with Crippen LogP contribution in [0.1, 0.15) is 106 Å². The van der Waals surface area contributed by atoms with E-state index >= 15 is 0 Å². The maximum Gasteiger partial charge on any atom is 0.255 e. The molecule has 2 aromatic carbocycles. The third kappa shape index (κ3) is 5.75. The van der Waals surface area contributed by atoms with E-state index in [0.717, 1.165) is 11.1 Å². The summed E-state index contributed by atoms with van der Waals surface area (Å²) in [7, 11) is 2.03. The van der Waals surface area contributed by atoms with Crippen molar-refractivity contribution < 1.29 is 14.3 Å². The quantitative estimate of drug-likeness (QED) is 0.421. The summed E-state index contributed by atoms with van der Waals surface area (Å²) in [5, 5.41) is 0. The van der Waals surface area contributed by atoms with Crippen LogP contribution in [0.4, 0.5) is 0 Å². The van der Waals surface area contributed by atoms with Crippen molar-refractivity contribution in [3.8, 4) is 0 Å². The number of hydrogen-bond acceptors (Lipinski definition) is 4. The standard InChI is InChI=1S/C31H45N3O3/c1-19(2)33(20(3)4)29(35)25-17-14-18-26(27(25)30(36)34(21(5)6)22(7)8)31-32(10)23(9)28(37-31)24-15-12-11-13-16-24/h11-23,28,31H,1-10H3/t23-,28-,31+/m0/s1. The summed E-state index contributed by atoms with van der Waals surface area (Å²) in [6.07, 6.45) is -0.604. The second-order valence-electron chi connectivity index (χ2n) is 11.3. The van der Waals surface area contributed by atoms with Gasteiger partial charge in [0, 0.05) is 35.8 Å². The number of hydrogen-bond donors (Lipinski definition) is 0. The normalized spacial score (nSPS) is 20.3. The van der Waals surface area contributed by atoms with Gasteiger partial charge in [-0.2, -0.15) is 0 Å². The first-order valence-electron chi connectivity index (χ1n) is 13.6. The predicted octanol–water partition coefficient (Wildman–Crippen LogP) is 6.30. The summed E-state index contributed by atoms with van der Waals surface area (Å²) >= 11 is 0. The number of likely N-dealkylation sites (N-methyl/N-ethyl adjacent to an activating group) is 1. The molecule has 2 amide bonds. The lowest BCUT2D eigenvalue weighted by Gasteiger charge is -2.35. The van der Waals surface area contributed by atoms with Crippen LogP contribution in [0.5, 0.6) is 0 Å². The van der Waals surface area contributed by atoms with Crippen LogP contribution in [0.25, 0.3) is 0 Å².